The fourth-order valence-electron chi connectivity index (χ4n) is 2.56. The average Bonchev–Trinajstić information content (AvgIpc) is 2.89. The van der Waals surface area contributed by atoms with Crippen LogP contribution in [0, 0.1) is 17.5 Å². The van der Waals surface area contributed by atoms with E-state index in [4.69, 9.17) is 0 Å². The summed E-state index contributed by atoms with van der Waals surface area (Å²) in [6, 6.07) is 1.62. The molecular formula is C14H15BrF3NO. The van der Waals surface area contributed by atoms with Crippen molar-refractivity contribution in [1.29, 1.82) is 0 Å². The van der Waals surface area contributed by atoms with Crippen LogP contribution in [0.2, 0.25) is 0 Å². The van der Waals surface area contributed by atoms with Crippen LogP contribution in [0.4, 0.5) is 13.2 Å². The molecule has 1 aliphatic rings. The number of carbonyl (C=O) groups is 1. The molecule has 1 aliphatic heterocycles. The molecule has 0 saturated carbocycles. The number of amides is 1. The van der Waals surface area contributed by atoms with Crippen molar-refractivity contribution in [1.82, 2.24) is 4.90 Å². The molecule has 1 heterocycles. The Kier molecular flexibility index (Phi) is 5.07. The number of alkyl halides is 1. The molecule has 1 amide bonds. The van der Waals surface area contributed by atoms with Gasteiger partial charge in [-0.25, -0.2) is 13.2 Å². The van der Waals surface area contributed by atoms with Crippen LogP contribution in [0.1, 0.15) is 36.0 Å². The van der Waals surface area contributed by atoms with Crippen molar-refractivity contribution in [2.45, 2.75) is 31.7 Å². The highest BCUT2D eigenvalue weighted by Gasteiger charge is 2.29. The first-order valence-electron chi connectivity index (χ1n) is 6.56. The minimum absolute atomic E-state index is 0.0937. The van der Waals surface area contributed by atoms with Crippen LogP contribution in [-0.2, 0) is 0 Å². The van der Waals surface area contributed by atoms with E-state index in [0.717, 1.165) is 43.1 Å². The van der Waals surface area contributed by atoms with Crippen LogP contribution >= 0.6 is 15.9 Å². The molecule has 1 saturated heterocycles. The van der Waals surface area contributed by atoms with Crippen LogP contribution < -0.4 is 0 Å². The van der Waals surface area contributed by atoms with Crippen molar-refractivity contribution < 1.29 is 18.0 Å². The molecule has 0 aliphatic carbocycles. The van der Waals surface area contributed by atoms with E-state index in [1.165, 1.54) is 0 Å². The summed E-state index contributed by atoms with van der Waals surface area (Å²) in [5.74, 6) is -4.63. The van der Waals surface area contributed by atoms with E-state index >= 15 is 0 Å². The molecule has 1 unspecified atom stereocenters. The second kappa shape index (κ2) is 6.61. The number of likely N-dealkylation sites (tertiary alicyclic amines) is 1. The predicted octanol–water partition coefficient (Wildman–Crippen LogP) is 3.88. The summed E-state index contributed by atoms with van der Waals surface area (Å²) in [6.45, 7) is 0.576. The molecule has 0 aromatic heterocycles. The number of nitrogens with zero attached hydrogens (tertiary/aromatic N) is 1. The van der Waals surface area contributed by atoms with Gasteiger partial charge < -0.3 is 4.90 Å². The molecule has 0 bridgehead atoms. The van der Waals surface area contributed by atoms with E-state index in [-0.39, 0.29) is 11.6 Å². The molecule has 6 heteroatoms. The van der Waals surface area contributed by atoms with Gasteiger partial charge in [-0.1, -0.05) is 15.9 Å². The molecule has 1 aromatic carbocycles. The molecule has 110 valence electrons. The summed E-state index contributed by atoms with van der Waals surface area (Å²) < 4.78 is 39.3. The van der Waals surface area contributed by atoms with E-state index in [2.05, 4.69) is 15.9 Å². The van der Waals surface area contributed by atoms with Crippen LogP contribution in [0.15, 0.2) is 12.1 Å². The Morgan fingerprint density at radius 1 is 1.30 bits per heavy atom. The maximum absolute atomic E-state index is 13.2. The Bertz CT molecular complexity index is 486. The van der Waals surface area contributed by atoms with Crippen LogP contribution in [0.25, 0.3) is 0 Å². The zero-order valence-electron chi connectivity index (χ0n) is 10.8. The second-order valence-electron chi connectivity index (χ2n) is 4.88. The Balaban J connectivity index is 2.18. The molecule has 1 atom stereocenters. The Morgan fingerprint density at radius 3 is 2.55 bits per heavy atom. The summed E-state index contributed by atoms with van der Waals surface area (Å²) in [4.78, 5) is 13.9. The Hall–Kier alpha value is -1.04. The lowest BCUT2D eigenvalue weighted by molar-refractivity contribution is 0.0729. The van der Waals surface area contributed by atoms with Crippen molar-refractivity contribution in [3.05, 3.63) is 35.1 Å². The fourth-order valence-corrected chi connectivity index (χ4v) is 2.88. The van der Waals surface area contributed by atoms with Gasteiger partial charge in [0.2, 0.25) is 0 Å². The molecule has 1 fully saturated rings. The van der Waals surface area contributed by atoms with E-state index in [1.807, 2.05) is 0 Å². The van der Waals surface area contributed by atoms with Crippen molar-refractivity contribution in [3.63, 3.8) is 0 Å². The number of carbonyl (C=O) groups excluding carboxylic acids is 1. The third-order valence-electron chi connectivity index (χ3n) is 3.54. The largest absolute Gasteiger partial charge is 0.336 e. The lowest BCUT2D eigenvalue weighted by atomic mass is 10.1. The monoisotopic (exact) mass is 349 g/mol. The van der Waals surface area contributed by atoms with Crippen molar-refractivity contribution in [2.75, 3.05) is 11.9 Å². The predicted molar refractivity (Wildman–Crippen MR) is 73.4 cm³/mol. The summed E-state index contributed by atoms with van der Waals surface area (Å²) in [5.41, 5.74) is -0.132. The number of rotatable bonds is 4. The zero-order valence-corrected chi connectivity index (χ0v) is 12.4. The van der Waals surface area contributed by atoms with Crippen molar-refractivity contribution in [3.8, 4) is 0 Å². The molecule has 0 radical (unpaired) electrons. The summed E-state index contributed by atoms with van der Waals surface area (Å²) in [5, 5.41) is 0.853. The van der Waals surface area contributed by atoms with Gasteiger partial charge in [0, 0.05) is 23.5 Å². The lowest BCUT2D eigenvalue weighted by Gasteiger charge is -2.24. The van der Waals surface area contributed by atoms with Crippen molar-refractivity contribution in [2.24, 2.45) is 0 Å². The van der Waals surface area contributed by atoms with Gasteiger partial charge in [0.15, 0.2) is 17.5 Å². The van der Waals surface area contributed by atoms with Crippen LogP contribution in [-0.4, -0.2) is 28.7 Å². The molecule has 0 N–H and O–H groups in total. The number of hydrogen-bond acceptors (Lipinski definition) is 1. The SMILES string of the molecule is O=C(c1cc(F)c(F)c(F)c1)N1CCCC1CCCBr. The standard InChI is InChI=1S/C14H15BrF3NO/c15-5-1-3-10-4-2-6-19(10)14(20)9-7-11(16)13(18)12(17)8-9/h7-8,10H,1-6H2. The van der Waals surface area contributed by atoms with E-state index in [9.17, 15) is 18.0 Å². The average molecular weight is 350 g/mol. The van der Waals surface area contributed by atoms with Crippen LogP contribution in [0.5, 0.6) is 0 Å². The highest BCUT2D eigenvalue weighted by Crippen LogP contribution is 2.25. The first-order valence-corrected chi connectivity index (χ1v) is 7.68. The molecular weight excluding hydrogens is 335 g/mol. The first kappa shape index (κ1) is 15.4. The van der Waals surface area contributed by atoms with Gasteiger partial charge in [-0.05, 0) is 37.8 Å². The van der Waals surface area contributed by atoms with Crippen molar-refractivity contribution >= 4 is 21.8 Å². The van der Waals surface area contributed by atoms with Gasteiger partial charge in [-0.2, -0.15) is 0 Å². The topological polar surface area (TPSA) is 20.3 Å². The van der Waals surface area contributed by atoms with Gasteiger partial charge in [0.1, 0.15) is 0 Å². The third-order valence-corrected chi connectivity index (χ3v) is 4.10. The zero-order chi connectivity index (χ0) is 14.7. The van der Waals surface area contributed by atoms with Gasteiger partial charge in [0.05, 0.1) is 0 Å². The molecule has 1 aromatic rings. The maximum atomic E-state index is 13.2. The van der Waals surface area contributed by atoms with E-state index in [1.54, 1.807) is 4.90 Å². The highest BCUT2D eigenvalue weighted by molar-refractivity contribution is 9.09. The number of halogens is 4. The van der Waals surface area contributed by atoms with Gasteiger partial charge in [-0.15, -0.1) is 0 Å². The van der Waals surface area contributed by atoms with Gasteiger partial charge in [0.25, 0.3) is 5.91 Å². The summed E-state index contributed by atoms with van der Waals surface area (Å²) in [7, 11) is 0. The molecule has 2 rings (SSSR count). The third kappa shape index (κ3) is 3.16. The summed E-state index contributed by atoms with van der Waals surface area (Å²) in [6.07, 6.45) is 3.56. The van der Waals surface area contributed by atoms with E-state index in [0.29, 0.717) is 6.54 Å². The smallest absolute Gasteiger partial charge is 0.254 e. The first-order chi connectivity index (χ1) is 9.54. The van der Waals surface area contributed by atoms with Crippen LogP contribution in [0.3, 0.4) is 0 Å². The molecule has 20 heavy (non-hydrogen) atoms. The van der Waals surface area contributed by atoms with Gasteiger partial charge in [-0.3, -0.25) is 4.79 Å². The Morgan fingerprint density at radius 2 is 1.95 bits per heavy atom. The number of benzene rings is 1. The second-order valence-corrected chi connectivity index (χ2v) is 5.67. The highest BCUT2D eigenvalue weighted by atomic mass is 79.9. The summed E-state index contributed by atoms with van der Waals surface area (Å²) >= 11 is 3.34. The minimum atomic E-state index is -1.54. The Labute approximate surface area is 124 Å². The quantitative estimate of drug-likeness (QED) is 0.596. The number of hydrogen-bond donors (Lipinski definition) is 0. The normalized spacial score (nSPS) is 18.6. The minimum Gasteiger partial charge on any atom is -0.336 e. The van der Waals surface area contributed by atoms with E-state index < -0.39 is 23.4 Å². The molecule has 0 spiro atoms. The molecule has 2 nitrogen and oxygen atoms in total. The maximum Gasteiger partial charge on any atom is 0.254 e. The van der Waals surface area contributed by atoms with Gasteiger partial charge >= 0.3 is 0 Å². The fraction of sp³-hybridized carbons (Fsp3) is 0.500. The lowest BCUT2D eigenvalue weighted by Crippen LogP contribution is -2.35.